The van der Waals surface area contributed by atoms with Crippen molar-refractivity contribution in [2.75, 3.05) is 31.4 Å². The number of methoxy groups -OCH3 is 2. The van der Waals surface area contributed by atoms with Gasteiger partial charge in [-0.2, -0.15) is 0 Å². The number of fused-ring (bicyclic) bond motifs is 2. The number of ether oxygens (including phenoxy) is 2. The first-order valence-corrected chi connectivity index (χ1v) is 15.1. The van der Waals surface area contributed by atoms with Crippen molar-refractivity contribution < 1.29 is 23.5 Å². The minimum absolute atomic E-state index is 0.126. The van der Waals surface area contributed by atoms with E-state index in [9.17, 15) is 14.4 Å². The molecule has 0 aliphatic rings. The molecule has 0 spiro atoms. The van der Waals surface area contributed by atoms with Gasteiger partial charge in [0.1, 0.15) is 5.58 Å². The molecule has 4 aromatic carbocycles. The van der Waals surface area contributed by atoms with Gasteiger partial charge in [-0.1, -0.05) is 36.4 Å². The summed E-state index contributed by atoms with van der Waals surface area (Å²) in [5, 5.41) is 10.7. The molecule has 47 heavy (non-hydrogen) atoms. The summed E-state index contributed by atoms with van der Waals surface area (Å²) in [7, 11) is 4.95. The van der Waals surface area contributed by atoms with Crippen molar-refractivity contribution in [3.05, 3.63) is 130 Å². The molecule has 0 bridgehead atoms. The van der Waals surface area contributed by atoms with E-state index < -0.39 is 11.8 Å². The quantitative estimate of drug-likeness (QED) is 0.147. The van der Waals surface area contributed by atoms with E-state index in [1.165, 1.54) is 42.8 Å². The molecule has 6 aromatic rings. The maximum absolute atomic E-state index is 13.5. The molecule has 0 radical (unpaired) electrons. The lowest BCUT2D eigenvalue weighted by molar-refractivity contribution is 0.0997. The van der Waals surface area contributed by atoms with Gasteiger partial charge in [-0.3, -0.25) is 14.4 Å². The highest BCUT2D eigenvalue weighted by molar-refractivity contribution is 6.12. The van der Waals surface area contributed by atoms with Crippen molar-refractivity contribution in [2.45, 2.75) is 13.0 Å². The fourth-order valence-corrected chi connectivity index (χ4v) is 5.41. The number of para-hydroxylation sites is 1. The number of nitrogens with zero attached hydrogens (tertiary/aromatic N) is 1. The molecule has 2 amide bonds. The second-order valence-electron chi connectivity index (χ2n) is 11.1. The van der Waals surface area contributed by atoms with Crippen LogP contribution >= 0.6 is 0 Å². The van der Waals surface area contributed by atoms with Crippen molar-refractivity contribution >= 4 is 45.1 Å². The number of rotatable bonds is 11. The van der Waals surface area contributed by atoms with E-state index in [2.05, 4.69) is 51.0 Å². The highest BCUT2D eigenvalue weighted by Gasteiger charge is 2.21. The van der Waals surface area contributed by atoms with Crippen LogP contribution in [-0.4, -0.2) is 37.1 Å². The summed E-state index contributed by atoms with van der Waals surface area (Å²) in [6.07, 6.45) is 2.88. The van der Waals surface area contributed by atoms with Crippen LogP contribution in [0.5, 0.6) is 11.5 Å². The normalized spacial score (nSPS) is 11.0. The highest BCUT2D eigenvalue weighted by atomic mass is 16.5. The predicted molar refractivity (Wildman–Crippen MR) is 183 cm³/mol. The number of hydrogen-bond donors (Lipinski definition) is 3. The van der Waals surface area contributed by atoms with Crippen LogP contribution in [0, 0.1) is 0 Å². The second-order valence-corrected chi connectivity index (χ2v) is 11.1. The van der Waals surface area contributed by atoms with Gasteiger partial charge in [0, 0.05) is 43.1 Å². The number of aryl methyl sites for hydroxylation is 1. The molecular formula is C37H34N4O6. The highest BCUT2D eigenvalue weighted by Crippen LogP contribution is 2.34. The van der Waals surface area contributed by atoms with Crippen LogP contribution in [0.1, 0.15) is 32.0 Å². The van der Waals surface area contributed by atoms with Crippen molar-refractivity contribution in [1.29, 1.82) is 0 Å². The fraction of sp³-hybridized carbons (Fsp3) is 0.162. The molecule has 6 rings (SSSR count). The molecule has 0 saturated heterocycles. The van der Waals surface area contributed by atoms with Gasteiger partial charge in [0.05, 0.1) is 30.9 Å². The van der Waals surface area contributed by atoms with Gasteiger partial charge in [-0.05, 0) is 71.9 Å². The molecule has 238 valence electrons. The lowest BCUT2D eigenvalue weighted by Gasteiger charge is -2.16. The number of hydrogen-bond acceptors (Lipinski definition) is 7. The number of benzene rings is 4. The van der Waals surface area contributed by atoms with Crippen LogP contribution < -0.4 is 30.9 Å². The third kappa shape index (κ3) is 6.87. The standard InChI is InChI=1S/C37H34N4O6/c1-41-17-15-25-11-8-24(18-30(25)41)22-38-16-14-23-9-12-26(13-10-23)39-36(43)28-19-33(45-2)34(46-3)20-29(28)40-37(44)35-21-31(42)27-6-4-5-7-32(27)47-35/h4-13,15,17-21,38H,14,16,22H2,1-3H3,(H,39,43)(H,40,44). The lowest BCUT2D eigenvalue weighted by atomic mass is 10.1. The number of nitrogens with one attached hydrogen (secondary N) is 3. The Morgan fingerprint density at radius 1 is 0.809 bits per heavy atom. The van der Waals surface area contributed by atoms with Crippen molar-refractivity contribution in [1.82, 2.24) is 9.88 Å². The van der Waals surface area contributed by atoms with Gasteiger partial charge in [-0.15, -0.1) is 0 Å². The van der Waals surface area contributed by atoms with Gasteiger partial charge in [-0.25, -0.2) is 0 Å². The number of anilines is 2. The Bertz CT molecular complexity index is 2150. The van der Waals surface area contributed by atoms with E-state index in [1.807, 2.05) is 31.3 Å². The van der Waals surface area contributed by atoms with Gasteiger partial charge in [0.2, 0.25) is 0 Å². The zero-order chi connectivity index (χ0) is 32.9. The van der Waals surface area contributed by atoms with E-state index in [-0.39, 0.29) is 28.0 Å². The molecule has 0 aliphatic carbocycles. The lowest BCUT2D eigenvalue weighted by Crippen LogP contribution is -2.20. The maximum Gasteiger partial charge on any atom is 0.291 e. The Balaban J connectivity index is 1.12. The number of carbonyl (C=O) groups excluding carboxylic acids is 2. The molecule has 0 unspecified atom stereocenters. The Morgan fingerprint density at radius 2 is 1.55 bits per heavy atom. The van der Waals surface area contributed by atoms with E-state index in [4.69, 9.17) is 13.9 Å². The molecule has 0 saturated carbocycles. The third-order valence-electron chi connectivity index (χ3n) is 7.96. The minimum atomic E-state index is -0.701. The summed E-state index contributed by atoms with van der Waals surface area (Å²) < 4.78 is 18.6. The van der Waals surface area contributed by atoms with E-state index in [0.717, 1.165) is 31.1 Å². The van der Waals surface area contributed by atoms with Crippen LogP contribution in [-0.2, 0) is 20.0 Å². The molecule has 3 N–H and O–H groups in total. The fourth-order valence-electron chi connectivity index (χ4n) is 5.41. The summed E-state index contributed by atoms with van der Waals surface area (Å²) >= 11 is 0. The Hall–Kier alpha value is -5.87. The number of carbonyl (C=O) groups is 2. The molecule has 10 heteroatoms. The minimum Gasteiger partial charge on any atom is -0.493 e. The van der Waals surface area contributed by atoms with Crippen LogP contribution in [0.25, 0.3) is 21.9 Å². The van der Waals surface area contributed by atoms with Crippen LogP contribution in [0.15, 0.2) is 106 Å². The average molecular weight is 631 g/mol. The van der Waals surface area contributed by atoms with Crippen molar-refractivity contribution in [3.63, 3.8) is 0 Å². The molecule has 0 aliphatic heterocycles. The van der Waals surface area contributed by atoms with Crippen molar-refractivity contribution in [3.8, 4) is 11.5 Å². The molecule has 0 fully saturated rings. The van der Waals surface area contributed by atoms with E-state index in [0.29, 0.717) is 22.6 Å². The first-order chi connectivity index (χ1) is 22.8. The Kier molecular flexibility index (Phi) is 9.03. The molecule has 0 atom stereocenters. The molecular weight excluding hydrogens is 596 g/mol. The summed E-state index contributed by atoms with van der Waals surface area (Å²) in [5.41, 5.74) is 4.33. The summed E-state index contributed by atoms with van der Waals surface area (Å²) in [5.74, 6) is -0.771. The average Bonchev–Trinajstić information content (AvgIpc) is 3.46. The Labute approximate surface area is 270 Å². The van der Waals surface area contributed by atoms with Gasteiger partial charge < -0.3 is 34.4 Å². The molecule has 2 aromatic heterocycles. The number of amides is 2. The molecule has 10 nitrogen and oxygen atoms in total. The predicted octanol–water partition coefficient (Wildman–Crippen LogP) is 6.14. The summed E-state index contributed by atoms with van der Waals surface area (Å²) in [6.45, 7) is 1.56. The van der Waals surface area contributed by atoms with Crippen LogP contribution in [0.3, 0.4) is 0 Å². The zero-order valence-electron chi connectivity index (χ0n) is 26.3. The Morgan fingerprint density at radius 3 is 2.34 bits per heavy atom. The van der Waals surface area contributed by atoms with Crippen LogP contribution in [0.2, 0.25) is 0 Å². The SMILES string of the molecule is COc1cc(NC(=O)c2cc(=O)c3ccccc3o2)c(C(=O)Nc2ccc(CCNCc3ccc4ccn(C)c4c3)cc2)cc1OC. The maximum atomic E-state index is 13.5. The van der Waals surface area contributed by atoms with Gasteiger partial charge in [0.15, 0.2) is 22.7 Å². The largest absolute Gasteiger partial charge is 0.493 e. The first kappa shape index (κ1) is 31.1. The zero-order valence-corrected chi connectivity index (χ0v) is 26.3. The van der Waals surface area contributed by atoms with Crippen LogP contribution in [0.4, 0.5) is 11.4 Å². The number of aromatic nitrogens is 1. The monoisotopic (exact) mass is 630 g/mol. The topological polar surface area (TPSA) is 124 Å². The smallest absolute Gasteiger partial charge is 0.291 e. The van der Waals surface area contributed by atoms with Gasteiger partial charge >= 0.3 is 0 Å². The van der Waals surface area contributed by atoms with Crippen molar-refractivity contribution in [2.24, 2.45) is 7.05 Å². The second kappa shape index (κ2) is 13.6. The summed E-state index contributed by atoms with van der Waals surface area (Å²) in [4.78, 5) is 39.3. The molecule has 2 heterocycles. The van der Waals surface area contributed by atoms with Gasteiger partial charge in [0.25, 0.3) is 11.8 Å². The van der Waals surface area contributed by atoms with E-state index >= 15 is 0 Å². The van der Waals surface area contributed by atoms with E-state index in [1.54, 1.807) is 24.3 Å². The first-order valence-electron chi connectivity index (χ1n) is 15.1. The summed E-state index contributed by atoms with van der Waals surface area (Å²) in [6, 6.07) is 26.9. The third-order valence-corrected chi connectivity index (χ3v) is 7.96.